The summed E-state index contributed by atoms with van der Waals surface area (Å²) in [5, 5.41) is 14.4. The van der Waals surface area contributed by atoms with E-state index < -0.39 is 17.3 Å². The molecule has 0 saturated heterocycles. The molecular formula is C19H21N3O4. The Morgan fingerprint density at radius 3 is 2.27 bits per heavy atom. The van der Waals surface area contributed by atoms with Crippen molar-refractivity contribution < 1.29 is 19.5 Å². The van der Waals surface area contributed by atoms with Gasteiger partial charge in [0.15, 0.2) is 0 Å². The minimum atomic E-state index is -1.16. The highest BCUT2D eigenvalue weighted by Crippen LogP contribution is 2.23. The summed E-state index contributed by atoms with van der Waals surface area (Å²) in [5.74, 6) is -1.71. The van der Waals surface area contributed by atoms with Crippen LogP contribution < -0.4 is 10.6 Å². The molecule has 0 aliphatic heterocycles. The molecule has 7 nitrogen and oxygen atoms in total. The third-order valence-corrected chi connectivity index (χ3v) is 3.67. The second-order valence-electron chi connectivity index (χ2n) is 6.93. The number of carboxylic acid groups (broad SMARTS) is 1. The third-order valence-electron chi connectivity index (χ3n) is 3.67. The molecule has 2 amide bonds. The molecule has 1 aromatic carbocycles. The number of carbonyl (C=O) groups excluding carboxylic acids is 2. The normalized spacial score (nSPS) is 10.9. The van der Waals surface area contributed by atoms with Crippen molar-refractivity contribution in [3.05, 3.63) is 53.3 Å². The molecular weight excluding hydrogens is 334 g/mol. The van der Waals surface area contributed by atoms with Crippen molar-refractivity contribution in [2.45, 2.75) is 27.7 Å². The van der Waals surface area contributed by atoms with Gasteiger partial charge in [0.1, 0.15) is 5.69 Å². The number of benzene rings is 1. The average molecular weight is 355 g/mol. The Balaban J connectivity index is 2.17. The molecule has 0 aliphatic rings. The van der Waals surface area contributed by atoms with E-state index in [0.29, 0.717) is 11.4 Å². The van der Waals surface area contributed by atoms with Crippen molar-refractivity contribution in [2.75, 3.05) is 10.6 Å². The second-order valence-corrected chi connectivity index (χ2v) is 6.93. The van der Waals surface area contributed by atoms with Crippen molar-refractivity contribution in [3.63, 3.8) is 0 Å². The molecule has 0 saturated carbocycles. The van der Waals surface area contributed by atoms with Gasteiger partial charge in [0.05, 0.1) is 5.56 Å². The summed E-state index contributed by atoms with van der Waals surface area (Å²) in [6.07, 6.45) is 1.21. The van der Waals surface area contributed by atoms with Gasteiger partial charge in [-0.25, -0.2) is 9.78 Å². The molecule has 1 heterocycles. The van der Waals surface area contributed by atoms with E-state index in [-0.39, 0.29) is 17.2 Å². The van der Waals surface area contributed by atoms with E-state index in [2.05, 4.69) is 15.6 Å². The molecule has 0 aliphatic carbocycles. The number of rotatable bonds is 4. The van der Waals surface area contributed by atoms with E-state index in [4.69, 9.17) is 5.11 Å². The molecule has 3 N–H and O–H groups in total. The summed E-state index contributed by atoms with van der Waals surface area (Å²) in [6, 6.07) is 7.89. The van der Waals surface area contributed by atoms with Gasteiger partial charge in [-0.2, -0.15) is 0 Å². The third kappa shape index (κ3) is 4.66. The molecule has 1 aromatic heterocycles. The van der Waals surface area contributed by atoms with Gasteiger partial charge in [-0.3, -0.25) is 9.59 Å². The van der Waals surface area contributed by atoms with Gasteiger partial charge in [-0.1, -0.05) is 26.8 Å². The molecule has 0 spiro atoms. The van der Waals surface area contributed by atoms with Gasteiger partial charge in [0, 0.05) is 23.0 Å². The number of nitrogens with zero attached hydrogens (tertiary/aromatic N) is 1. The number of amides is 2. The number of anilines is 2. The minimum absolute atomic E-state index is 0.132. The fourth-order valence-electron chi connectivity index (χ4n) is 2.00. The van der Waals surface area contributed by atoms with Crippen molar-refractivity contribution >= 4 is 29.2 Å². The Bertz CT molecular complexity index is 852. The summed E-state index contributed by atoms with van der Waals surface area (Å²) >= 11 is 0. The van der Waals surface area contributed by atoms with Gasteiger partial charge >= 0.3 is 5.97 Å². The van der Waals surface area contributed by atoms with Gasteiger partial charge in [-0.15, -0.1) is 0 Å². The topological polar surface area (TPSA) is 108 Å². The van der Waals surface area contributed by atoms with Crippen LogP contribution in [-0.2, 0) is 4.79 Å². The Labute approximate surface area is 151 Å². The van der Waals surface area contributed by atoms with Crippen molar-refractivity contribution in [2.24, 2.45) is 5.41 Å². The maximum absolute atomic E-state index is 12.4. The monoisotopic (exact) mass is 355 g/mol. The molecule has 0 fully saturated rings. The summed E-state index contributed by atoms with van der Waals surface area (Å²) in [5.41, 5.74) is 1.51. The van der Waals surface area contributed by atoms with E-state index in [1.807, 2.05) is 27.7 Å². The molecule has 0 atom stereocenters. The lowest BCUT2D eigenvalue weighted by Crippen LogP contribution is -2.27. The minimum Gasteiger partial charge on any atom is -0.477 e. The lowest BCUT2D eigenvalue weighted by molar-refractivity contribution is -0.123. The SMILES string of the molecule is Cc1ccc(NC(=O)C(C)(C)C)cc1NC(=O)c1ccc(C(=O)O)nc1. The first-order valence-corrected chi connectivity index (χ1v) is 8.01. The molecule has 26 heavy (non-hydrogen) atoms. The van der Waals surface area contributed by atoms with Gasteiger partial charge in [0.25, 0.3) is 5.91 Å². The Morgan fingerprint density at radius 1 is 1.04 bits per heavy atom. The Kier molecular flexibility index (Phi) is 5.40. The van der Waals surface area contributed by atoms with Gasteiger partial charge in [0.2, 0.25) is 5.91 Å². The van der Waals surface area contributed by atoms with Crippen molar-refractivity contribution in [1.82, 2.24) is 4.98 Å². The van der Waals surface area contributed by atoms with E-state index >= 15 is 0 Å². The molecule has 2 rings (SSSR count). The van der Waals surface area contributed by atoms with Gasteiger partial charge in [-0.05, 0) is 36.8 Å². The van der Waals surface area contributed by atoms with Crippen LogP contribution in [0.4, 0.5) is 11.4 Å². The van der Waals surface area contributed by atoms with Crippen molar-refractivity contribution in [1.29, 1.82) is 0 Å². The number of carbonyl (C=O) groups is 3. The van der Waals surface area contributed by atoms with Crippen LogP contribution >= 0.6 is 0 Å². The molecule has 0 bridgehead atoms. The quantitative estimate of drug-likeness (QED) is 0.779. The lowest BCUT2D eigenvalue weighted by Gasteiger charge is -2.18. The van der Waals surface area contributed by atoms with Crippen LogP contribution in [0.3, 0.4) is 0 Å². The molecule has 7 heteroatoms. The van der Waals surface area contributed by atoms with E-state index in [0.717, 1.165) is 5.56 Å². The zero-order chi connectivity index (χ0) is 19.5. The number of aryl methyl sites for hydroxylation is 1. The van der Waals surface area contributed by atoms with E-state index in [9.17, 15) is 14.4 Å². The maximum Gasteiger partial charge on any atom is 0.354 e. The Hall–Kier alpha value is -3.22. The number of aromatic carboxylic acids is 1. The first kappa shape index (κ1) is 19.1. The predicted octanol–water partition coefficient (Wildman–Crippen LogP) is 3.33. The second kappa shape index (κ2) is 7.35. The highest BCUT2D eigenvalue weighted by atomic mass is 16.4. The summed E-state index contributed by atoms with van der Waals surface area (Å²) in [4.78, 5) is 39.0. The summed E-state index contributed by atoms with van der Waals surface area (Å²) < 4.78 is 0. The first-order chi connectivity index (χ1) is 12.1. The largest absolute Gasteiger partial charge is 0.477 e. The fraction of sp³-hybridized carbons (Fsp3) is 0.263. The zero-order valence-corrected chi connectivity index (χ0v) is 15.1. The van der Waals surface area contributed by atoms with Crippen LogP contribution in [0.1, 0.15) is 47.2 Å². The van der Waals surface area contributed by atoms with Crippen LogP contribution in [0, 0.1) is 12.3 Å². The standard InChI is InChI=1S/C19H21N3O4/c1-11-5-7-13(21-18(26)19(2,3)4)9-15(11)22-16(23)12-6-8-14(17(24)25)20-10-12/h5-10H,1-4H3,(H,21,26)(H,22,23)(H,24,25). The smallest absolute Gasteiger partial charge is 0.354 e. The van der Waals surface area contributed by atoms with E-state index in [1.165, 1.54) is 18.3 Å². The van der Waals surface area contributed by atoms with Crippen LogP contribution in [-0.4, -0.2) is 27.9 Å². The lowest BCUT2D eigenvalue weighted by atomic mass is 9.95. The molecule has 0 radical (unpaired) electrons. The fourth-order valence-corrected chi connectivity index (χ4v) is 2.00. The summed E-state index contributed by atoms with van der Waals surface area (Å²) in [7, 11) is 0. The number of hydrogen-bond acceptors (Lipinski definition) is 4. The average Bonchev–Trinajstić information content (AvgIpc) is 2.57. The van der Waals surface area contributed by atoms with E-state index in [1.54, 1.807) is 18.2 Å². The molecule has 136 valence electrons. The maximum atomic E-state index is 12.4. The highest BCUT2D eigenvalue weighted by Gasteiger charge is 2.21. The number of hydrogen-bond donors (Lipinski definition) is 3. The van der Waals surface area contributed by atoms with Crippen LogP contribution in [0.2, 0.25) is 0 Å². The Morgan fingerprint density at radius 2 is 1.73 bits per heavy atom. The van der Waals surface area contributed by atoms with Crippen LogP contribution in [0.15, 0.2) is 36.5 Å². The molecule has 0 unspecified atom stereocenters. The number of nitrogens with one attached hydrogen (secondary N) is 2. The number of aromatic nitrogens is 1. The predicted molar refractivity (Wildman–Crippen MR) is 98.4 cm³/mol. The van der Waals surface area contributed by atoms with Gasteiger partial charge < -0.3 is 15.7 Å². The van der Waals surface area contributed by atoms with Crippen molar-refractivity contribution in [3.8, 4) is 0 Å². The summed E-state index contributed by atoms with van der Waals surface area (Å²) in [6.45, 7) is 7.27. The van der Waals surface area contributed by atoms with Crippen LogP contribution in [0.5, 0.6) is 0 Å². The number of pyridine rings is 1. The number of carboxylic acids is 1. The zero-order valence-electron chi connectivity index (χ0n) is 15.1. The highest BCUT2D eigenvalue weighted by molar-refractivity contribution is 6.05. The molecule has 2 aromatic rings. The van der Waals surface area contributed by atoms with Crippen LogP contribution in [0.25, 0.3) is 0 Å². The first-order valence-electron chi connectivity index (χ1n) is 8.01.